The lowest BCUT2D eigenvalue weighted by atomic mass is 9.88. The van der Waals surface area contributed by atoms with E-state index >= 15 is 0 Å². The lowest BCUT2D eigenvalue weighted by Gasteiger charge is -2.18. The molecular formula is C72H61Cl3N14O14S3. The molecule has 542 valence electrons. The molecule has 0 unspecified atom stereocenters. The minimum atomic E-state index is -3.98. The third-order valence-electron chi connectivity index (χ3n) is 16.1. The zero-order valence-corrected chi connectivity index (χ0v) is 60.6. The van der Waals surface area contributed by atoms with E-state index in [9.17, 15) is 59.3 Å². The maximum atomic E-state index is 12.8. The molecule has 0 spiro atoms. The summed E-state index contributed by atoms with van der Waals surface area (Å²) in [5.74, 6) is -2.44. The molecule has 28 nitrogen and oxygen atoms in total. The number of primary sulfonamides is 3. The summed E-state index contributed by atoms with van der Waals surface area (Å²) in [6, 6.07) is 53.3. The molecule has 0 radical (unpaired) electrons. The number of carbonyl (C=O) groups is 5. The lowest BCUT2D eigenvalue weighted by molar-refractivity contribution is -0.384. The Kier molecular flexibility index (Phi) is 23.0. The van der Waals surface area contributed by atoms with Gasteiger partial charge >= 0.3 is 5.97 Å². The predicted octanol–water partition coefficient (Wildman–Crippen LogP) is 11.5. The fraction of sp³-hybridized carbons (Fsp3) is 0.0833. The van der Waals surface area contributed by atoms with Gasteiger partial charge in [0.2, 0.25) is 30.1 Å². The molecule has 0 fully saturated rings. The number of aryl methyl sites for hydroxylation is 1. The number of sulfonamides is 3. The van der Waals surface area contributed by atoms with Crippen molar-refractivity contribution in [2.45, 2.75) is 48.3 Å². The Labute approximate surface area is 619 Å². The summed E-state index contributed by atoms with van der Waals surface area (Å²) in [4.78, 5) is 70.5. The SMILES string of the molecule is CC.CCOC(=O)c1nn(-c2cccc(S(N)(=O)=O)c2)c2c1CCc1ccc([N+](=O)[O-])cc1-2.NC(=O)c1nn(-c2cccc(S(N)(=O)=O)c2)c2c1ccc1ccc(N)cc12.NC(=O)c1nn(-c2cccc(S(N)(=O)=O)c2)c2c1ccc1ccc(NC(=O)c3ccccc3Cl)cc12.O=C(Cl)c1ccccc1Cl. The van der Waals surface area contributed by atoms with Gasteiger partial charge in [-0.3, -0.25) is 29.3 Å². The number of carbonyl (C=O) groups excluding carboxylic acids is 5. The second-order valence-corrected chi connectivity index (χ2v) is 28.7. The molecule has 13 aromatic rings. The average Bonchev–Trinajstić information content (AvgIpc) is 1.59. The van der Waals surface area contributed by atoms with Crippen LogP contribution in [0.4, 0.5) is 17.1 Å². The molecule has 106 heavy (non-hydrogen) atoms. The molecule has 13 N–H and O–H groups in total. The van der Waals surface area contributed by atoms with Crippen molar-refractivity contribution in [1.29, 1.82) is 0 Å². The van der Waals surface area contributed by atoms with E-state index in [-0.39, 0.29) is 50.0 Å². The molecule has 1 aliphatic carbocycles. The summed E-state index contributed by atoms with van der Waals surface area (Å²) < 4.78 is 80.4. The summed E-state index contributed by atoms with van der Waals surface area (Å²) in [5.41, 5.74) is 23.5. The van der Waals surface area contributed by atoms with Crippen molar-refractivity contribution in [1.82, 2.24) is 29.3 Å². The number of nitrogen functional groups attached to an aromatic ring is 1. The number of hydrogen-bond donors (Lipinski definition) is 7. The maximum absolute atomic E-state index is 12.8. The standard InChI is InChI=1S/C25H18ClN5O4S.C20H18N4O6S.C18H15N5O3S.C7H4Cl2O.C2H6/c26-21-7-2-1-6-18(21)25(33)29-15-10-8-14-9-11-19-22(24(27)32)30-31(23(19)20(14)12-15)16-4-3-5-17(13-16)36(28,34)35;1-2-30-20(25)18-16-9-7-12-6-8-14(24(26)27)11-17(12)19(16)23(22-18)13-4-3-5-15(10-13)31(21,28)29;19-11-6-4-10-5-7-14-16(18(20)24)22-23(17(14)15(10)8-11)12-2-1-3-13(9-12)27(21,25)26;8-6-4-2-1-3-5(6)7(9)10;1-2/h1-13H,(H2,27,32)(H,29,33)(H2,28,34,35);3-6,8,10-11H,2,7,9H2,1H3,(H2,21,28,29);1-9H,19H2,(H2,20,24)(H2,21,25,26);1-4H;1-2H3. The van der Waals surface area contributed by atoms with E-state index in [1.807, 2.05) is 26.0 Å². The van der Waals surface area contributed by atoms with E-state index in [1.54, 1.807) is 134 Å². The van der Waals surface area contributed by atoms with Crippen molar-refractivity contribution in [3.05, 3.63) is 260 Å². The van der Waals surface area contributed by atoms with Crippen LogP contribution >= 0.6 is 34.8 Å². The van der Waals surface area contributed by atoms with Crippen LogP contribution in [0.3, 0.4) is 0 Å². The minimum Gasteiger partial charge on any atom is -0.461 e. The van der Waals surface area contributed by atoms with Crippen LogP contribution < -0.4 is 37.9 Å². The molecular weight excluding hydrogens is 1490 g/mol. The van der Waals surface area contributed by atoms with Gasteiger partial charge in [0.15, 0.2) is 17.1 Å². The zero-order chi connectivity index (χ0) is 76.9. The second-order valence-electron chi connectivity index (χ2n) is 22.8. The van der Waals surface area contributed by atoms with Crippen LogP contribution in [-0.2, 0) is 47.6 Å². The summed E-state index contributed by atoms with van der Waals surface area (Å²) in [7, 11) is -11.9. The number of nitrogens with two attached hydrogens (primary N) is 6. The van der Waals surface area contributed by atoms with Gasteiger partial charge in [0.05, 0.1) is 81.2 Å². The van der Waals surface area contributed by atoms with Crippen LogP contribution in [0, 0.1) is 10.1 Å². The Bertz CT molecular complexity index is 6110. The van der Waals surface area contributed by atoms with Crippen LogP contribution in [0.2, 0.25) is 10.0 Å². The number of primary amides is 2. The summed E-state index contributed by atoms with van der Waals surface area (Å²) in [5, 5.41) is 47.4. The normalized spacial score (nSPS) is 11.6. The first-order chi connectivity index (χ1) is 50.3. The van der Waals surface area contributed by atoms with Gasteiger partial charge in [-0.2, -0.15) is 15.3 Å². The van der Waals surface area contributed by atoms with Crippen molar-refractivity contribution in [2.24, 2.45) is 26.9 Å². The highest BCUT2D eigenvalue weighted by atomic mass is 35.5. The molecule has 3 aromatic heterocycles. The molecule has 3 amide bonds. The zero-order valence-electron chi connectivity index (χ0n) is 55.8. The monoisotopic (exact) mass is 1550 g/mol. The second kappa shape index (κ2) is 31.7. The highest BCUT2D eigenvalue weighted by Gasteiger charge is 2.32. The Balaban J connectivity index is 0.000000159. The molecule has 0 saturated carbocycles. The summed E-state index contributed by atoms with van der Waals surface area (Å²) >= 11 is 17.0. The molecule has 1 aliphatic rings. The topological polar surface area (TPSA) is 462 Å². The van der Waals surface area contributed by atoms with Crippen molar-refractivity contribution < 1.29 is 58.9 Å². The fourth-order valence-electron chi connectivity index (χ4n) is 11.4. The first-order valence-corrected chi connectivity index (χ1v) is 37.3. The number of ether oxygens (including phenoxy) is 1. The summed E-state index contributed by atoms with van der Waals surface area (Å²) in [6.45, 7) is 5.83. The number of nitro groups is 1. The molecule has 34 heteroatoms. The number of amides is 3. The number of nitro benzene ring substituents is 1. The number of hydrogen-bond acceptors (Lipinski definition) is 18. The Hall–Kier alpha value is -11.8. The molecule has 14 rings (SSSR count). The average molecular weight is 1550 g/mol. The number of esters is 1. The quantitative estimate of drug-likeness (QED) is 0.0175. The number of anilines is 2. The molecule has 0 atom stereocenters. The van der Waals surface area contributed by atoms with Crippen LogP contribution in [0.1, 0.15) is 84.1 Å². The van der Waals surface area contributed by atoms with Gasteiger partial charge in [0, 0.05) is 56.2 Å². The van der Waals surface area contributed by atoms with Gasteiger partial charge in [0.1, 0.15) is 0 Å². The molecule has 0 bridgehead atoms. The van der Waals surface area contributed by atoms with E-state index in [0.29, 0.717) is 106 Å². The molecule has 0 aliphatic heterocycles. The van der Waals surface area contributed by atoms with Crippen molar-refractivity contribution in [3.8, 4) is 28.3 Å². The van der Waals surface area contributed by atoms with Gasteiger partial charge in [0.25, 0.3) is 28.7 Å². The Morgan fingerprint density at radius 1 is 0.538 bits per heavy atom. The van der Waals surface area contributed by atoms with Crippen LogP contribution in [0.15, 0.2) is 215 Å². The molecule has 10 aromatic carbocycles. The first-order valence-electron chi connectivity index (χ1n) is 31.5. The number of benzene rings is 10. The van der Waals surface area contributed by atoms with E-state index < -0.39 is 58.0 Å². The largest absolute Gasteiger partial charge is 0.461 e. The van der Waals surface area contributed by atoms with Gasteiger partial charge < -0.3 is 27.3 Å². The van der Waals surface area contributed by atoms with Crippen LogP contribution in [0.25, 0.3) is 71.7 Å². The molecule has 3 heterocycles. The number of non-ortho nitro benzene ring substituents is 1. The Morgan fingerprint density at radius 2 is 0.991 bits per heavy atom. The Morgan fingerprint density at radius 3 is 1.44 bits per heavy atom. The number of nitrogens with one attached hydrogen (secondary N) is 1. The van der Waals surface area contributed by atoms with Gasteiger partial charge in [-0.1, -0.05) is 110 Å². The third kappa shape index (κ3) is 16.6. The van der Waals surface area contributed by atoms with Gasteiger partial charge in [-0.25, -0.2) is 59.5 Å². The van der Waals surface area contributed by atoms with Gasteiger partial charge in [-0.05, 0) is 163 Å². The van der Waals surface area contributed by atoms with Gasteiger partial charge in [-0.15, -0.1) is 0 Å². The number of rotatable bonds is 14. The third-order valence-corrected chi connectivity index (χ3v) is 19.7. The van der Waals surface area contributed by atoms with Crippen LogP contribution in [-0.4, -0.2) is 95.1 Å². The number of halogens is 3. The number of nitrogens with zero attached hydrogens (tertiary/aromatic N) is 7. The highest BCUT2D eigenvalue weighted by molar-refractivity contribution is 7.89. The first kappa shape index (κ1) is 76.8. The highest BCUT2D eigenvalue weighted by Crippen LogP contribution is 2.40. The van der Waals surface area contributed by atoms with Crippen molar-refractivity contribution in [3.63, 3.8) is 0 Å². The number of aromatic nitrogens is 6. The summed E-state index contributed by atoms with van der Waals surface area (Å²) in [6.07, 6.45) is 1.04. The van der Waals surface area contributed by atoms with E-state index in [2.05, 4.69) is 20.6 Å². The van der Waals surface area contributed by atoms with E-state index in [1.165, 1.54) is 74.7 Å². The minimum absolute atomic E-state index is 0.0124. The number of fused-ring (bicyclic) bond motifs is 9. The van der Waals surface area contributed by atoms with Crippen molar-refractivity contribution in [2.75, 3.05) is 17.7 Å². The smallest absolute Gasteiger partial charge is 0.359 e. The maximum Gasteiger partial charge on any atom is 0.359 e. The molecule has 0 saturated heterocycles. The van der Waals surface area contributed by atoms with E-state index in [0.717, 1.165) is 21.7 Å². The predicted molar refractivity (Wildman–Crippen MR) is 404 cm³/mol. The van der Waals surface area contributed by atoms with Crippen LogP contribution in [0.5, 0.6) is 0 Å². The van der Waals surface area contributed by atoms with E-state index in [4.69, 9.17) is 72.2 Å². The van der Waals surface area contributed by atoms with Crippen molar-refractivity contribution >= 4 is 154 Å². The lowest BCUT2D eigenvalue weighted by Crippen LogP contribution is -2.13. The fourth-order valence-corrected chi connectivity index (χ4v) is 13.7.